The molecule has 0 aliphatic carbocycles. The van der Waals surface area contributed by atoms with Crippen LogP contribution in [0.3, 0.4) is 0 Å². The highest BCUT2D eigenvalue weighted by Crippen LogP contribution is 2.34. The minimum Gasteiger partial charge on any atom is -0.396 e. The fourth-order valence-corrected chi connectivity index (χ4v) is 5.40. The van der Waals surface area contributed by atoms with Crippen LogP contribution < -0.4 is 4.90 Å². The lowest BCUT2D eigenvalue weighted by molar-refractivity contribution is -0.384. The number of nitro groups is 1. The molecule has 0 unspecified atom stereocenters. The minimum atomic E-state index is -3.72. The molecule has 0 aromatic heterocycles. The number of sulfonamides is 1. The number of anilines is 1. The van der Waals surface area contributed by atoms with E-state index < -0.39 is 14.9 Å². The second kappa shape index (κ2) is 8.53. The number of nitrogens with zero attached hydrogens (tertiary/aromatic N) is 3. The van der Waals surface area contributed by atoms with Gasteiger partial charge in [-0.1, -0.05) is 12.8 Å². The van der Waals surface area contributed by atoms with Gasteiger partial charge < -0.3 is 10.0 Å². The van der Waals surface area contributed by atoms with E-state index in [4.69, 9.17) is 0 Å². The summed E-state index contributed by atoms with van der Waals surface area (Å²) in [6.45, 7) is 2.29. The van der Waals surface area contributed by atoms with Gasteiger partial charge in [0.1, 0.15) is 5.69 Å². The average molecular weight is 397 g/mol. The standard InChI is InChI=1S/C18H27N3O5S/c22-14-15-7-11-19(12-8-15)17-6-5-16(13-18(17)21(23)24)27(25,26)20-9-3-1-2-4-10-20/h5-6,13,15,22H,1-4,7-12,14H2. The van der Waals surface area contributed by atoms with Crippen molar-refractivity contribution in [1.29, 1.82) is 0 Å². The zero-order chi connectivity index (χ0) is 19.4. The molecule has 9 heteroatoms. The number of aliphatic hydroxyl groups excluding tert-OH is 1. The van der Waals surface area contributed by atoms with Gasteiger partial charge in [0.2, 0.25) is 10.0 Å². The summed E-state index contributed by atoms with van der Waals surface area (Å²) in [5.74, 6) is 0.225. The van der Waals surface area contributed by atoms with Crippen molar-refractivity contribution in [1.82, 2.24) is 4.31 Å². The Morgan fingerprint density at radius 1 is 1.07 bits per heavy atom. The zero-order valence-electron chi connectivity index (χ0n) is 15.4. The molecular formula is C18H27N3O5S. The van der Waals surface area contributed by atoms with Gasteiger partial charge in [0.15, 0.2) is 0 Å². The molecule has 0 radical (unpaired) electrons. The number of rotatable bonds is 5. The summed E-state index contributed by atoms with van der Waals surface area (Å²) in [5.41, 5.74) is 0.277. The average Bonchev–Trinajstić information content (AvgIpc) is 2.97. The number of benzene rings is 1. The van der Waals surface area contributed by atoms with Gasteiger partial charge in [-0.3, -0.25) is 10.1 Å². The van der Waals surface area contributed by atoms with Crippen molar-refractivity contribution >= 4 is 21.4 Å². The predicted molar refractivity (Wildman–Crippen MR) is 102 cm³/mol. The number of aliphatic hydroxyl groups is 1. The Morgan fingerprint density at radius 3 is 2.26 bits per heavy atom. The molecular weight excluding hydrogens is 370 g/mol. The highest BCUT2D eigenvalue weighted by molar-refractivity contribution is 7.89. The molecule has 2 heterocycles. The predicted octanol–water partition coefficient (Wildman–Crippen LogP) is 2.37. The smallest absolute Gasteiger partial charge is 0.293 e. The van der Waals surface area contributed by atoms with Crippen LogP contribution in [0.5, 0.6) is 0 Å². The van der Waals surface area contributed by atoms with Crippen LogP contribution >= 0.6 is 0 Å². The van der Waals surface area contributed by atoms with Crippen LogP contribution in [0, 0.1) is 16.0 Å². The number of hydrogen-bond donors (Lipinski definition) is 1. The maximum Gasteiger partial charge on any atom is 0.293 e. The molecule has 0 atom stereocenters. The first-order chi connectivity index (χ1) is 12.9. The van der Waals surface area contributed by atoms with Crippen LogP contribution in [-0.2, 0) is 10.0 Å². The molecule has 1 N–H and O–H groups in total. The molecule has 150 valence electrons. The van der Waals surface area contributed by atoms with E-state index in [0.29, 0.717) is 31.9 Å². The normalized spacial score (nSPS) is 20.4. The molecule has 2 aliphatic rings. The topological polar surface area (TPSA) is 104 Å². The van der Waals surface area contributed by atoms with E-state index in [1.54, 1.807) is 6.07 Å². The van der Waals surface area contributed by atoms with Crippen LogP contribution in [0.25, 0.3) is 0 Å². The lowest BCUT2D eigenvalue weighted by Crippen LogP contribution is -2.35. The van der Waals surface area contributed by atoms with Crippen molar-refractivity contribution in [2.24, 2.45) is 5.92 Å². The molecule has 0 spiro atoms. The van der Waals surface area contributed by atoms with E-state index >= 15 is 0 Å². The van der Waals surface area contributed by atoms with Crippen molar-refractivity contribution in [2.75, 3.05) is 37.7 Å². The lowest BCUT2D eigenvalue weighted by Gasteiger charge is -2.32. The van der Waals surface area contributed by atoms with Crippen molar-refractivity contribution in [3.8, 4) is 0 Å². The number of hydrogen-bond acceptors (Lipinski definition) is 6. The third kappa shape index (κ3) is 4.41. The van der Waals surface area contributed by atoms with Crippen molar-refractivity contribution in [3.63, 3.8) is 0 Å². The summed E-state index contributed by atoms with van der Waals surface area (Å²) < 4.78 is 27.3. The van der Waals surface area contributed by atoms with Crippen molar-refractivity contribution < 1.29 is 18.4 Å². The third-order valence-electron chi connectivity index (χ3n) is 5.56. The first-order valence-corrected chi connectivity index (χ1v) is 11.0. The summed E-state index contributed by atoms with van der Waals surface area (Å²) in [7, 11) is -3.72. The molecule has 1 aromatic rings. The minimum absolute atomic E-state index is 0.00917. The maximum absolute atomic E-state index is 12.9. The van der Waals surface area contributed by atoms with Crippen LogP contribution in [0.2, 0.25) is 0 Å². The highest BCUT2D eigenvalue weighted by atomic mass is 32.2. The Hall–Kier alpha value is -1.71. The third-order valence-corrected chi connectivity index (χ3v) is 7.45. The SMILES string of the molecule is O=[N+]([O-])c1cc(S(=O)(=O)N2CCCCCC2)ccc1N1CCC(CO)CC1. The van der Waals surface area contributed by atoms with Gasteiger partial charge in [0.05, 0.1) is 9.82 Å². The van der Waals surface area contributed by atoms with E-state index in [2.05, 4.69) is 0 Å². The molecule has 0 saturated carbocycles. The van der Waals surface area contributed by atoms with Gasteiger partial charge in [0, 0.05) is 38.9 Å². The van der Waals surface area contributed by atoms with Crippen LogP contribution in [-0.4, -0.2) is 55.5 Å². The Bertz CT molecular complexity index is 767. The fraction of sp³-hybridized carbons (Fsp3) is 0.667. The molecule has 1 aromatic carbocycles. The maximum atomic E-state index is 12.9. The summed E-state index contributed by atoms with van der Waals surface area (Å²) in [6.07, 6.45) is 5.19. The Labute approximate surface area is 160 Å². The highest BCUT2D eigenvalue weighted by Gasteiger charge is 2.30. The van der Waals surface area contributed by atoms with Gasteiger partial charge >= 0.3 is 0 Å². The Balaban J connectivity index is 1.88. The zero-order valence-corrected chi connectivity index (χ0v) is 16.2. The summed E-state index contributed by atoms with van der Waals surface area (Å²) >= 11 is 0. The van der Waals surface area contributed by atoms with Crippen LogP contribution in [0.15, 0.2) is 23.1 Å². The molecule has 27 heavy (non-hydrogen) atoms. The first kappa shape index (κ1) is 20.0. The largest absolute Gasteiger partial charge is 0.396 e. The van der Waals surface area contributed by atoms with E-state index in [0.717, 1.165) is 38.5 Å². The first-order valence-electron chi connectivity index (χ1n) is 9.58. The van der Waals surface area contributed by atoms with Crippen LogP contribution in [0.4, 0.5) is 11.4 Å². The summed E-state index contributed by atoms with van der Waals surface area (Å²) in [6, 6.07) is 4.25. The van der Waals surface area contributed by atoms with Gasteiger partial charge in [-0.2, -0.15) is 4.31 Å². The molecule has 8 nitrogen and oxygen atoms in total. The van der Waals surface area contributed by atoms with Gasteiger partial charge in [-0.25, -0.2) is 8.42 Å². The Kier molecular flexibility index (Phi) is 6.33. The van der Waals surface area contributed by atoms with Crippen molar-refractivity contribution in [2.45, 2.75) is 43.4 Å². The molecule has 0 amide bonds. The monoisotopic (exact) mass is 397 g/mol. The lowest BCUT2D eigenvalue weighted by atomic mass is 9.97. The van der Waals surface area contributed by atoms with E-state index in [-0.39, 0.29) is 23.1 Å². The molecule has 2 saturated heterocycles. The quantitative estimate of drug-likeness (QED) is 0.604. The van der Waals surface area contributed by atoms with Crippen molar-refractivity contribution in [3.05, 3.63) is 28.3 Å². The van der Waals surface area contributed by atoms with Gasteiger partial charge in [-0.05, 0) is 43.7 Å². The molecule has 3 rings (SSSR count). The van der Waals surface area contributed by atoms with Gasteiger partial charge in [-0.15, -0.1) is 0 Å². The molecule has 2 aliphatic heterocycles. The Morgan fingerprint density at radius 2 is 1.70 bits per heavy atom. The molecule has 2 fully saturated rings. The second-order valence-electron chi connectivity index (χ2n) is 7.34. The van der Waals surface area contributed by atoms with E-state index in [9.17, 15) is 23.6 Å². The summed E-state index contributed by atoms with van der Waals surface area (Å²) in [4.78, 5) is 13.0. The fourth-order valence-electron chi connectivity index (χ4n) is 3.86. The van der Waals surface area contributed by atoms with Crippen LogP contribution in [0.1, 0.15) is 38.5 Å². The summed E-state index contributed by atoms with van der Waals surface area (Å²) in [5, 5.41) is 20.9. The van der Waals surface area contributed by atoms with E-state index in [1.165, 1.54) is 16.4 Å². The number of nitro benzene ring substituents is 1. The molecule has 0 bridgehead atoms. The number of piperidine rings is 1. The second-order valence-corrected chi connectivity index (χ2v) is 9.28. The van der Waals surface area contributed by atoms with Gasteiger partial charge in [0.25, 0.3) is 5.69 Å². The van der Waals surface area contributed by atoms with E-state index in [1.807, 2.05) is 4.90 Å².